The first-order chi connectivity index (χ1) is 8.66. The van der Waals surface area contributed by atoms with E-state index in [1.165, 1.54) is 23.1 Å². The van der Waals surface area contributed by atoms with Crippen LogP contribution in [0.1, 0.15) is 30.7 Å². The molecule has 2 aromatic rings. The summed E-state index contributed by atoms with van der Waals surface area (Å²) in [5.41, 5.74) is 3.92. The fourth-order valence-corrected chi connectivity index (χ4v) is 3.12. The van der Waals surface area contributed by atoms with Crippen LogP contribution in [0.25, 0.3) is 11.1 Å². The summed E-state index contributed by atoms with van der Waals surface area (Å²) in [6, 6.07) is 19.4. The summed E-state index contributed by atoms with van der Waals surface area (Å²) in [5.74, 6) is 0.711. The van der Waals surface area contributed by atoms with Gasteiger partial charge in [-0.2, -0.15) is 0 Å². The van der Waals surface area contributed by atoms with Crippen LogP contribution in [-0.2, 0) is 0 Å². The predicted octanol–water partition coefficient (Wildman–Crippen LogP) is 5.84. The van der Waals surface area contributed by atoms with Gasteiger partial charge in [-0.25, -0.2) is 0 Å². The van der Waals surface area contributed by atoms with Crippen molar-refractivity contribution in [1.82, 2.24) is 0 Å². The van der Waals surface area contributed by atoms with Gasteiger partial charge >= 0.3 is 0 Å². The molecule has 0 saturated carbocycles. The van der Waals surface area contributed by atoms with E-state index in [1.54, 1.807) is 0 Å². The van der Waals surface area contributed by atoms with Crippen LogP contribution in [0.3, 0.4) is 0 Å². The number of benzene rings is 2. The average molecular weight is 303 g/mol. The monoisotopic (exact) mass is 302 g/mol. The average Bonchev–Trinajstić information content (AvgIpc) is 2.39. The van der Waals surface area contributed by atoms with Crippen LogP contribution >= 0.6 is 15.9 Å². The first-order valence-electron chi connectivity index (χ1n) is 6.46. The van der Waals surface area contributed by atoms with E-state index in [1.807, 2.05) is 0 Å². The van der Waals surface area contributed by atoms with E-state index in [9.17, 15) is 0 Å². The lowest BCUT2D eigenvalue weighted by Gasteiger charge is -2.13. The van der Waals surface area contributed by atoms with Crippen molar-refractivity contribution in [1.29, 1.82) is 0 Å². The van der Waals surface area contributed by atoms with Gasteiger partial charge in [0.05, 0.1) is 0 Å². The minimum absolute atomic E-state index is 0.460. The van der Waals surface area contributed by atoms with Crippen LogP contribution in [0.5, 0.6) is 0 Å². The highest BCUT2D eigenvalue weighted by molar-refractivity contribution is 9.09. The Bertz CT molecular complexity index is 471. The molecular weight excluding hydrogens is 284 g/mol. The van der Waals surface area contributed by atoms with Crippen molar-refractivity contribution in [2.24, 2.45) is 5.92 Å². The second-order valence-electron chi connectivity index (χ2n) is 5.09. The molecule has 1 atom stereocenters. The molecule has 94 valence electrons. The second-order valence-corrected chi connectivity index (χ2v) is 6.19. The molecule has 2 aromatic carbocycles. The van der Waals surface area contributed by atoms with E-state index in [2.05, 4.69) is 84.4 Å². The van der Waals surface area contributed by atoms with Crippen LogP contribution in [-0.4, -0.2) is 0 Å². The maximum atomic E-state index is 3.77. The molecular formula is C17H19Br. The van der Waals surface area contributed by atoms with E-state index in [0.29, 0.717) is 10.7 Å². The molecule has 0 nitrogen and oxygen atoms in total. The van der Waals surface area contributed by atoms with Gasteiger partial charge in [0.2, 0.25) is 0 Å². The van der Waals surface area contributed by atoms with Gasteiger partial charge < -0.3 is 0 Å². The minimum Gasteiger partial charge on any atom is -0.0839 e. The normalized spacial score (nSPS) is 12.7. The van der Waals surface area contributed by atoms with Gasteiger partial charge in [0.1, 0.15) is 0 Å². The highest BCUT2D eigenvalue weighted by Gasteiger charge is 2.09. The van der Waals surface area contributed by atoms with E-state index in [-0.39, 0.29) is 0 Å². The highest BCUT2D eigenvalue weighted by Crippen LogP contribution is 2.31. The Hall–Kier alpha value is -1.08. The van der Waals surface area contributed by atoms with Gasteiger partial charge in [0.15, 0.2) is 0 Å². The minimum atomic E-state index is 0.460. The smallest absolute Gasteiger partial charge is 0.0397 e. The van der Waals surface area contributed by atoms with Gasteiger partial charge in [-0.05, 0) is 29.0 Å². The summed E-state index contributed by atoms with van der Waals surface area (Å²) < 4.78 is 0. The standard InChI is InChI=1S/C17H19Br/c1-13(2)12-17(18)16-10-8-15(9-11-16)14-6-4-3-5-7-14/h3-11,13,17H,12H2,1-2H3/t17-/m1/s1. The Kier molecular flexibility index (Phi) is 4.60. The van der Waals surface area contributed by atoms with Crippen molar-refractivity contribution in [3.05, 3.63) is 60.2 Å². The number of alkyl halides is 1. The summed E-state index contributed by atoms with van der Waals surface area (Å²) in [6.45, 7) is 4.51. The summed E-state index contributed by atoms with van der Waals surface area (Å²) in [6.07, 6.45) is 1.17. The molecule has 0 aromatic heterocycles. The highest BCUT2D eigenvalue weighted by atomic mass is 79.9. The van der Waals surface area contributed by atoms with E-state index < -0.39 is 0 Å². The molecule has 0 N–H and O–H groups in total. The van der Waals surface area contributed by atoms with Crippen molar-refractivity contribution in [2.75, 3.05) is 0 Å². The van der Waals surface area contributed by atoms with Crippen LogP contribution in [0.4, 0.5) is 0 Å². The lowest BCUT2D eigenvalue weighted by molar-refractivity contribution is 0.584. The molecule has 0 radical (unpaired) electrons. The molecule has 0 fully saturated rings. The lowest BCUT2D eigenvalue weighted by atomic mass is 9.99. The van der Waals surface area contributed by atoms with Gasteiger partial charge in [0.25, 0.3) is 0 Å². The Morgan fingerprint density at radius 2 is 1.39 bits per heavy atom. The maximum absolute atomic E-state index is 3.77. The van der Waals surface area contributed by atoms with Gasteiger partial charge in [-0.3, -0.25) is 0 Å². The number of hydrogen-bond acceptors (Lipinski definition) is 0. The predicted molar refractivity (Wildman–Crippen MR) is 83.0 cm³/mol. The molecule has 1 heteroatoms. The molecule has 18 heavy (non-hydrogen) atoms. The first kappa shape index (κ1) is 13.4. The lowest BCUT2D eigenvalue weighted by Crippen LogP contribution is -1.95. The molecule has 0 unspecified atom stereocenters. The second kappa shape index (κ2) is 6.19. The van der Waals surface area contributed by atoms with Crippen molar-refractivity contribution < 1.29 is 0 Å². The van der Waals surface area contributed by atoms with E-state index >= 15 is 0 Å². The number of hydrogen-bond donors (Lipinski definition) is 0. The third-order valence-corrected chi connectivity index (χ3v) is 3.96. The van der Waals surface area contributed by atoms with Crippen molar-refractivity contribution in [2.45, 2.75) is 25.1 Å². The van der Waals surface area contributed by atoms with Crippen LogP contribution < -0.4 is 0 Å². The van der Waals surface area contributed by atoms with E-state index in [0.717, 1.165) is 0 Å². The maximum Gasteiger partial charge on any atom is 0.0397 e. The van der Waals surface area contributed by atoms with Crippen LogP contribution in [0.15, 0.2) is 54.6 Å². The Labute approximate surface area is 118 Å². The molecule has 0 aliphatic heterocycles. The Morgan fingerprint density at radius 1 is 0.833 bits per heavy atom. The summed E-state index contributed by atoms with van der Waals surface area (Å²) in [5, 5.41) is 0. The zero-order valence-electron chi connectivity index (χ0n) is 10.9. The molecule has 0 heterocycles. The topological polar surface area (TPSA) is 0 Å². The van der Waals surface area contributed by atoms with E-state index in [4.69, 9.17) is 0 Å². The quantitative estimate of drug-likeness (QED) is 0.623. The summed E-state index contributed by atoms with van der Waals surface area (Å²) in [7, 11) is 0. The Morgan fingerprint density at radius 3 is 1.94 bits per heavy atom. The zero-order valence-corrected chi connectivity index (χ0v) is 12.5. The van der Waals surface area contributed by atoms with Crippen molar-refractivity contribution >= 4 is 15.9 Å². The van der Waals surface area contributed by atoms with Gasteiger partial charge in [0, 0.05) is 4.83 Å². The molecule has 0 aliphatic carbocycles. The van der Waals surface area contributed by atoms with Gasteiger partial charge in [-0.15, -0.1) is 0 Å². The van der Waals surface area contributed by atoms with Crippen LogP contribution in [0, 0.1) is 5.92 Å². The number of halogens is 1. The van der Waals surface area contributed by atoms with Gasteiger partial charge in [-0.1, -0.05) is 84.4 Å². The fourth-order valence-electron chi connectivity index (χ4n) is 2.06. The molecule has 0 saturated heterocycles. The third-order valence-electron chi connectivity index (χ3n) is 3.06. The fraction of sp³-hybridized carbons (Fsp3) is 0.294. The SMILES string of the molecule is CC(C)C[C@@H](Br)c1ccc(-c2ccccc2)cc1. The molecule has 0 aliphatic rings. The summed E-state index contributed by atoms with van der Waals surface area (Å²) in [4.78, 5) is 0.460. The molecule has 2 rings (SSSR count). The molecule has 0 amide bonds. The third kappa shape index (κ3) is 3.46. The molecule has 0 bridgehead atoms. The van der Waals surface area contributed by atoms with Crippen LogP contribution in [0.2, 0.25) is 0 Å². The van der Waals surface area contributed by atoms with Crippen molar-refractivity contribution in [3.8, 4) is 11.1 Å². The van der Waals surface area contributed by atoms with Crippen molar-refractivity contribution in [3.63, 3.8) is 0 Å². The zero-order chi connectivity index (χ0) is 13.0. The molecule has 0 spiro atoms. The number of rotatable bonds is 4. The Balaban J connectivity index is 2.15. The largest absolute Gasteiger partial charge is 0.0839 e. The summed E-state index contributed by atoms with van der Waals surface area (Å²) >= 11 is 3.77. The first-order valence-corrected chi connectivity index (χ1v) is 7.38.